The molecule has 25 heavy (non-hydrogen) atoms. The number of hydrogen-bond donors (Lipinski definition) is 3. The first-order valence-corrected chi connectivity index (χ1v) is 8.23. The summed E-state index contributed by atoms with van der Waals surface area (Å²) in [6.45, 7) is 1.82. The van der Waals surface area contributed by atoms with Crippen molar-refractivity contribution in [2.75, 3.05) is 5.73 Å². The van der Waals surface area contributed by atoms with E-state index in [4.69, 9.17) is 23.1 Å². The van der Waals surface area contributed by atoms with Crippen LogP contribution in [0.25, 0.3) is 16.9 Å². The number of aryl methyl sites for hydroxylation is 1. The highest BCUT2D eigenvalue weighted by molar-refractivity contribution is 6.34. The van der Waals surface area contributed by atoms with Crippen molar-refractivity contribution in [3.8, 4) is 11.4 Å². The molecule has 0 unspecified atom stereocenters. The van der Waals surface area contributed by atoms with Gasteiger partial charge in [-0.15, -0.1) is 0 Å². The molecule has 2 aromatic heterocycles. The maximum absolute atomic E-state index is 12.0. The van der Waals surface area contributed by atoms with E-state index in [1.165, 1.54) is 10.6 Å². The van der Waals surface area contributed by atoms with Crippen molar-refractivity contribution in [2.24, 2.45) is 5.73 Å². The van der Waals surface area contributed by atoms with E-state index in [9.17, 15) is 9.90 Å². The average molecular weight is 358 g/mol. The number of nitrogens with zero attached hydrogens (tertiary/aromatic N) is 3. The van der Waals surface area contributed by atoms with Crippen LogP contribution in [0.3, 0.4) is 0 Å². The molecule has 0 atom stereocenters. The molecule has 4 rings (SSSR count). The smallest absolute Gasteiger partial charge is 0.254 e. The molecule has 1 saturated carbocycles. The van der Waals surface area contributed by atoms with Crippen LogP contribution in [0.2, 0.25) is 5.02 Å². The molecular formula is C17H16ClN5O2. The van der Waals surface area contributed by atoms with Crippen molar-refractivity contribution in [2.45, 2.75) is 25.7 Å². The summed E-state index contributed by atoms with van der Waals surface area (Å²) in [6.07, 6.45) is 3.80. The van der Waals surface area contributed by atoms with Crippen LogP contribution in [0.4, 0.5) is 5.82 Å². The van der Waals surface area contributed by atoms with Gasteiger partial charge in [0, 0.05) is 5.92 Å². The first kappa shape index (κ1) is 15.7. The summed E-state index contributed by atoms with van der Waals surface area (Å²) in [5.41, 5.74) is 14.6. The zero-order valence-electron chi connectivity index (χ0n) is 13.5. The Balaban J connectivity index is 2.10. The molecule has 1 fully saturated rings. The van der Waals surface area contributed by atoms with Crippen molar-refractivity contribution < 1.29 is 9.90 Å². The monoisotopic (exact) mass is 357 g/mol. The molecule has 0 bridgehead atoms. The van der Waals surface area contributed by atoms with E-state index in [0.717, 1.165) is 24.1 Å². The molecule has 3 aromatic rings. The number of primary amides is 1. The van der Waals surface area contributed by atoms with Gasteiger partial charge >= 0.3 is 0 Å². The fraction of sp³-hybridized carbons (Fsp3) is 0.235. The third-order valence-corrected chi connectivity index (χ3v) is 4.85. The van der Waals surface area contributed by atoms with Crippen LogP contribution in [-0.2, 0) is 0 Å². The highest BCUT2D eigenvalue weighted by Crippen LogP contribution is 2.41. The minimum atomic E-state index is -0.683. The number of aromatic nitrogens is 3. The van der Waals surface area contributed by atoms with Crippen molar-refractivity contribution >= 4 is 34.5 Å². The van der Waals surface area contributed by atoms with Gasteiger partial charge in [0.05, 0.1) is 17.6 Å². The Kier molecular flexibility index (Phi) is 3.36. The number of benzene rings is 1. The van der Waals surface area contributed by atoms with Crippen molar-refractivity contribution in [3.63, 3.8) is 0 Å². The normalized spacial score (nSPS) is 14.2. The van der Waals surface area contributed by atoms with E-state index >= 15 is 0 Å². The van der Waals surface area contributed by atoms with E-state index < -0.39 is 5.91 Å². The van der Waals surface area contributed by atoms with Gasteiger partial charge in [0.1, 0.15) is 27.7 Å². The van der Waals surface area contributed by atoms with E-state index in [1.807, 2.05) is 6.92 Å². The molecule has 0 saturated heterocycles. The maximum Gasteiger partial charge on any atom is 0.254 e. The average Bonchev–Trinajstić information content (AvgIpc) is 3.36. The Hall–Kier alpha value is -2.80. The van der Waals surface area contributed by atoms with Crippen LogP contribution in [0.15, 0.2) is 18.3 Å². The fourth-order valence-corrected chi connectivity index (χ4v) is 3.34. The number of aromatic hydroxyl groups is 1. The number of phenols is 1. The quantitative estimate of drug-likeness (QED) is 0.665. The summed E-state index contributed by atoms with van der Waals surface area (Å²) in [5, 5.41) is 10.1. The van der Waals surface area contributed by atoms with Crippen LogP contribution < -0.4 is 11.5 Å². The molecule has 1 aliphatic rings. The predicted molar refractivity (Wildman–Crippen MR) is 95.2 cm³/mol. The lowest BCUT2D eigenvalue weighted by atomic mass is 10.2. The van der Waals surface area contributed by atoms with Gasteiger partial charge in [-0.1, -0.05) is 17.7 Å². The Morgan fingerprint density at radius 2 is 2.12 bits per heavy atom. The van der Waals surface area contributed by atoms with Gasteiger partial charge in [0.25, 0.3) is 5.91 Å². The van der Waals surface area contributed by atoms with Gasteiger partial charge < -0.3 is 16.6 Å². The van der Waals surface area contributed by atoms with Crippen molar-refractivity contribution in [1.29, 1.82) is 0 Å². The number of rotatable bonds is 3. The minimum absolute atomic E-state index is 0.0910. The number of amides is 1. The van der Waals surface area contributed by atoms with Gasteiger partial charge in [0.15, 0.2) is 5.65 Å². The van der Waals surface area contributed by atoms with Crippen molar-refractivity contribution in [3.05, 3.63) is 40.2 Å². The number of phenolic OH excluding ortho intramolecular Hbond substituents is 1. The second-order valence-corrected chi connectivity index (χ2v) is 6.64. The van der Waals surface area contributed by atoms with Crippen LogP contribution in [0.5, 0.6) is 5.75 Å². The van der Waals surface area contributed by atoms with Crippen LogP contribution in [-0.4, -0.2) is 25.5 Å². The van der Waals surface area contributed by atoms with Crippen LogP contribution in [0, 0.1) is 6.92 Å². The Morgan fingerprint density at radius 1 is 1.40 bits per heavy atom. The minimum Gasteiger partial charge on any atom is -0.506 e. The molecule has 1 aliphatic carbocycles. The molecule has 2 heterocycles. The molecule has 5 N–H and O–H groups in total. The topological polar surface area (TPSA) is 120 Å². The maximum atomic E-state index is 12.0. The lowest BCUT2D eigenvalue weighted by Crippen LogP contribution is -2.14. The highest BCUT2D eigenvalue weighted by Gasteiger charge is 2.29. The molecular weight excluding hydrogens is 342 g/mol. The largest absolute Gasteiger partial charge is 0.506 e. The van der Waals surface area contributed by atoms with E-state index in [-0.39, 0.29) is 22.2 Å². The molecule has 1 aromatic carbocycles. The highest BCUT2D eigenvalue weighted by atomic mass is 35.5. The molecule has 1 amide bonds. The zero-order valence-corrected chi connectivity index (χ0v) is 14.2. The van der Waals surface area contributed by atoms with Crippen molar-refractivity contribution in [1.82, 2.24) is 14.5 Å². The number of nitrogens with two attached hydrogens (primary N) is 2. The number of fused-ring (bicyclic) bond motifs is 1. The number of hydrogen-bond acceptors (Lipinski definition) is 5. The van der Waals surface area contributed by atoms with Gasteiger partial charge in [0.2, 0.25) is 0 Å². The summed E-state index contributed by atoms with van der Waals surface area (Å²) in [5.74, 6) is -0.302. The van der Waals surface area contributed by atoms with Gasteiger partial charge in [-0.2, -0.15) is 0 Å². The number of carbonyl (C=O) groups is 1. The molecule has 128 valence electrons. The number of halogens is 1. The predicted octanol–water partition coefficient (Wildman–Crippen LogP) is 2.65. The lowest BCUT2D eigenvalue weighted by Gasteiger charge is -2.13. The summed E-state index contributed by atoms with van der Waals surface area (Å²) in [6, 6.07) is 3.20. The number of anilines is 1. The summed E-state index contributed by atoms with van der Waals surface area (Å²) in [4.78, 5) is 21.0. The lowest BCUT2D eigenvalue weighted by molar-refractivity contribution is 0.100. The molecule has 8 heteroatoms. The van der Waals surface area contributed by atoms with E-state index in [2.05, 4.69) is 9.97 Å². The van der Waals surface area contributed by atoms with Gasteiger partial charge in [-0.25, -0.2) is 9.97 Å². The second-order valence-electron chi connectivity index (χ2n) is 6.27. The molecule has 0 spiro atoms. The van der Waals surface area contributed by atoms with Crippen LogP contribution >= 0.6 is 11.6 Å². The third-order valence-electron chi connectivity index (χ3n) is 4.48. The Labute approximate surface area is 148 Å². The Bertz CT molecular complexity index is 1040. The van der Waals surface area contributed by atoms with Gasteiger partial charge in [-0.3, -0.25) is 9.36 Å². The van der Waals surface area contributed by atoms with Gasteiger partial charge in [-0.05, 0) is 31.4 Å². The number of nitrogen functional groups attached to an aromatic ring is 1. The SMILES string of the molecule is Cc1ccc(O)c(Cl)c1-n1c(N)c(C(N)=O)c2nc(C3CC3)cnc21. The standard InChI is InChI=1S/C17H16ClN5O2/c1-7-2-5-10(24)12(18)14(7)23-15(19)11(16(20)25)13-17(23)21-6-9(22-13)8-3-4-8/h2,5-6,8,24H,3-4,19H2,1H3,(H2,20,25). The first-order valence-electron chi connectivity index (χ1n) is 7.85. The summed E-state index contributed by atoms with van der Waals surface area (Å²) >= 11 is 6.30. The van der Waals surface area contributed by atoms with E-state index in [1.54, 1.807) is 12.3 Å². The van der Waals surface area contributed by atoms with Crippen LogP contribution in [0.1, 0.15) is 40.4 Å². The molecule has 0 radical (unpaired) electrons. The molecule has 7 nitrogen and oxygen atoms in total. The molecule has 0 aliphatic heterocycles. The summed E-state index contributed by atoms with van der Waals surface area (Å²) < 4.78 is 1.52. The second kappa shape index (κ2) is 5.35. The fourth-order valence-electron chi connectivity index (χ4n) is 3.04. The zero-order chi connectivity index (χ0) is 17.9. The number of carbonyl (C=O) groups excluding carboxylic acids is 1. The Morgan fingerprint density at radius 3 is 2.76 bits per heavy atom. The third kappa shape index (κ3) is 2.31. The van der Waals surface area contributed by atoms with E-state index in [0.29, 0.717) is 22.8 Å². The summed E-state index contributed by atoms with van der Waals surface area (Å²) in [7, 11) is 0. The first-order chi connectivity index (χ1) is 11.9.